The van der Waals surface area contributed by atoms with Gasteiger partial charge in [-0.25, -0.2) is 19.0 Å². The van der Waals surface area contributed by atoms with Gasteiger partial charge in [0.1, 0.15) is 46.8 Å². The van der Waals surface area contributed by atoms with E-state index in [4.69, 9.17) is 15.6 Å². The molecule has 6 rings (SSSR count). The molecule has 2 N–H and O–H groups in total. The van der Waals surface area contributed by atoms with E-state index in [0.29, 0.717) is 60.2 Å². The van der Waals surface area contributed by atoms with Crippen LogP contribution in [0.15, 0.2) is 66.5 Å². The molecule has 0 radical (unpaired) electrons. The highest BCUT2D eigenvalue weighted by molar-refractivity contribution is 5.99. The minimum atomic E-state index is -0.532. The fourth-order valence-electron chi connectivity index (χ4n) is 6.72. The number of rotatable bonds is 8. The third-order valence-electron chi connectivity index (χ3n) is 9.43. The number of benzene rings is 2. The van der Waals surface area contributed by atoms with Gasteiger partial charge in [-0.1, -0.05) is 18.2 Å². The van der Waals surface area contributed by atoms with Crippen molar-refractivity contribution in [2.75, 3.05) is 45.0 Å². The normalized spacial score (nSPS) is 18.3. The monoisotopic (exact) mass is 651 g/mol. The molecule has 2 fully saturated rings. The highest BCUT2D eigenvalue weighted by Gasteiger charge is 2.34. The van der Waals surface area contributed by atoms with Gasteiger partial charge in [-0.2, -0.15) is 10.4 Å². The number of piperazine rings is 1. The third-order valence-corrected chi connectivity index (χ3v) is 9.43. The lowest BCUT2D eigenvalue weighted by Gasteiger charge is -2.44. The Morgan fingerprint density at radius 2 is 1.83 bits per heavy atom. The van der Waals surface area contributed by atoms with E-state index in [1.807, 2.05) is 24.3 Å². The molecule has 1 atom stereocenters. The second-order valence-corrected chi connectivity index (χ2v) is 13.3. The quantitative estimate of drug-likeness (QED) is 0.196. The molecule has 12 heteroatoms. The van der Waals surface area contributed by atoms with E-state index in [2.05, 4.69) is 53.5 Å². The van der Waals surface area contributed by atoms with Gasteiger partial charge in [-0.3, -0.25) is 14.6 Å². The number of anilines is 1. The Kier molecular flexibility index (Phi) is 9.44. The van der Waals surface area contributed by atoms with Crippen LogP contribution in [0.25, 0.3) is 22.3 Å². The molecule has 2 aromatic carbocycles. The lowest BCUT2D eigenvalue weighted by atomic mass is 9.96. The van der Waals surface area contributed by atoms with Gasteiger partial charge in [-0.05, 0) is 70.9 Å². The number of halogens is 1. The maximum Gasteiger partial charge on any atom is 0.264 e. The van der Waals surface area contributed by atoms with Gasteiger partial charge in [-0.15, -0.1) is 0 Å². The third kappa shape index (κ3) is 6.74. The topological polar surface area (TPSA) is 129 Å². The van der Waals surface area contributed by atoms with E-state index in [1.165, 1.54) is 12.4 Å². The Balaban J connectivity index is 1.25. The molecule has 0 unspecified atom stereocenters. The minimum Gasteiger partial charge on any atom is -0.457 e. The molecule has 48 heavy (non-hydrogen) atoms. The summed E-state index contributed by atoms with van der Waals surface area (Å²) in [5.74, 6) is 0.285. The van der Waals surface area contributed by atoms with Crippen molar-refractivity contribution in [3.63, 3.8) is 0 Å². The van der Waals surface area contributed by atoms with E-state index < -0.39 is 11.4 Å². The van der Waals surface area contributed by atoms with E-state index in [9.17, 15) is 10.1 Å². The van der Waals surface area contributed by atoms with Crippen molar-refractivity contribution in [2.24, 2.45) is 0 Å². The Bertz CT molecular complexity index is 1860. The number of ether oxygens (including phenoxy) is 1. The number of carbonyl (C=O) groups is 1. The summed E-state index contributed by atoms with van der Waals surface area (Å²) in [4.78, 5) is 29.0. The summed E-state index contributed by atoms with van der Waals surface area (Å²) in [5.41, 5.74) is 6.99. The van der Waals surface area contributed by atoms with Crippen molar-refractivity contribution < 1.29 is 13.9 Å². The number of aromatic nitrogens is 4. The van der Waals surface area contributed by atoms with Crippen LogP contribution in [-0.4, -0.2) is 91.2 Å². The molecule has 2 aromatic heterocycles. The van der Waals surface area contributed by atoms with E-state index >= 15 is 4.39 Å². The van der Waals surface area contributed by atoms with Crippen molar-refractivity contribution in [3.8, 4) is 28.8 Å². The van der Waals surface area contributed by atoms with Gasteiger partial charge < -0.3 is 15.4 Å². The fraction of sp³-hybridized carbons (Fsp3) is 0.417. The largest absolute Gasteiger partial charge is 0.457 e. The lowest BCUT2D eigenvalue weighted by Crippen LogP contribution is -2.55. The SMILES string of the molecule is CC(C)N1CCN(C(C)(C)/C=C(\C#N)C(=O)N2CCC[C@H](n3nc(-c4ccc(Oc5ccccc5)cc4F)c4c(N)ncnc43)C2)CC1. The number of nitriles is 1. The van der Waals surface area contributed by atoms with Crippen molar-refractivity contribution in [3.05, 3.63) is 72.3 Å². The van der Waals surface area contributed by atoms with Crippen LogP contribution in [0.5, 0.6) is 11.5 Å². The van der Waals surface area contributed by atoms with E-state index in [-0.39, 0.29) is 28.9 Å². The first kappa shape index (κ1) is 33.1. The molecule has 0 bridgehead atoms. The van der Waals surface area contributed by atoms with Crippen LogP contribution in [0.2, 0.25) is 0 Å². The number of amides is 1. The zero-order chi connectivity index (χ0) is 34.0. The van der Waals surface area contributed by atoms with Crippen LogP contribution in [0.4, 0.5) is 10.2 Å². The standard InChI is InChI=1S/C36H42FN9O2/c1-24(2)43-15-17-45(18-16-43)36(3,4)20-25(21-38)35(47)44-14-8-9-26(22-44)46-34-31(33(39)40-23-41-34)32(42-46)29-13-12-28(19-30(29)37)48-27-10-6-5-7-11-27/h5-7,10-13,19-20,23-24,26H,8-9,14-18,22H2,1-4H3,(H2,39,40,41)/b25-20+/t26-/m0/s1. The van der Waals surface area contributed by atoms with Crippen LogP contribution >= 0.6 is 0 Å². The van der Waals surface area contributed by atoms with Gasteiger partial charge in [0.15, 0.2) is 5.65 Å². The van der Waals surface area contributed by atoms with Crippen LogP contribution in [-0.2, 0) is 4.79 Å². The number of fused-ring (bicyclic) bond motifs is 1. The molecule has 1 amide bonds. The Hall–Kier alpha value is -4.86. The van der Waals surface area contributed by atoms with Crippen molar-refractivity contribution in [1.82, 2.24) is 34.4 Å². The zero-order valence-corrected chi connectivity index (χ0v) is 27.9. The van der Waals surface area contributed by atoms with Gasteiger partial charge in [0, 0.05) is 62.5 Å². The Morgan fingerprint density at radius 3 is 2.52 bits per heavy atom. The average Bonchev–Trinajstić information content (AvgIpc) is 3.48. The molecule has 11 nitrogen and oxygen atoms in total. The molecule has 2 aliphatic heterocycles. The maximum absolute atomic E-state index is 15.7. The number of nitrogens with two attached hydrogens (primary N) is 1. The summed E-state index contributed by atoms with van der Waals surface area (Å²) in [7, 11) is 0. The minimum absolute atomic E-state index is 0.129. The van der Waals surface area contributed by atoms with Crippen LogP contribution in [0.1, 0.15) is 46.6 Å². The summed E-state index contributed by atoms with van der Waals surface area (Å²) in [6, 6.07) is 16.2. The first-order valence-electron chi connectivity index (χ1n) is 16.5. The number of para-hydroxylation sites is 1. The smallest absolute Gasteiger partial charge is 0.264 e. The van der Waals surface area contributed by atoms with E-state index in [1.54, 1.807) is 33.8 Å². The summed E-state index contributed by atoms with van der Waals surface area (Å²) in [6.45, 7) is 13.0. The van der Waals surface area contributed by atoms with E-state index in [0.717, 1.165) is 26.2 Å². The summed E-state index contributed by atoms with van der Waals surface area (Å²) in [6.07, 6.45) is 4.59. The molecule has 0 saturated carbocycles. The van der Waals surface area contributed by atoms with Crippen molar-refractivity contribution >= 4 is 22.8 Å². The molecule has 4 heterocycles. The van der Waals surface area contributed by atoms with Gasteiger partial charge in [0.05, 0.1) is 11.4 Å². The predicted molar refractivity (Wildman–Crippen MR) is 183 cm³/mol. The second-order valence-electron chi connectivity index (χ2n) is 13.3. The number of hydrogen-bond donors (Lipinski definition) is 1. The summed E-state index contributed by atoms with van der Waals surface area (Å²) >= 11 is 0. The summed E-state index contributed by atoms with van der Waals surface area (Å²) in [5, 5.41) is 15.4. The highest BCUT2D eigenvalue weighted by atomic mass is 19.1. The lowest BCUT2D eigenvalue weighted by molar-refractivity contribution is -0.128. The highest BCUT2D eigenvalue weighted by Crippen LogP contribution is 2.36. The molecule has 4 aromatic rings. The molecule has 250 valence electrons. The van der Waals surface area contributed by atoms with Crippen molar-refractivity contribution in [2.45, 2.75) is 58.2 Å². The van der Waals surface area contributed by atoms with Gasteiger partial charge >= 0.3 is 0 Å². The number of carbonyl (C=O) groups excluding carboxylic acids is 1. The zero-order valence-electron chi connectivity index (χ0n) is 27.9. The summed E-state index contributed by atoms with van der Waals surface area (Å²) < 4.78 is 23.2. The number of hydrogen-bond acceptors (Lipinski definition) is 9. The predicted octanol–water partition coefficient (Wildman–Crippen LogP) is 5.42. The number of nitrogen functional groups attached to an aromatic ring is 1. The molecular weight excluding hydrogens is 609 g/mol. The second kappa shape index (κ2) is 13.7. The molecule has 2 aliphatic rings. The molecular formula is C36H42FN9O2. The molecule has 0 spiro atoms. The maximum atomic E-state index is 15.7. The number of nitrogens with zero attached hydrogens (tertiary/aromatic N) is 8. The average molecular weight is 652 g/mol. The van der Waals surface area contributed by atoms with Crippen molar-refractivity contribution in [1.29, 1.82) is 5.26 Å². The Labute approximate surface area is 280 Å². The van der Waals surface area contributed by atoms with Crippen LogP contribution < -0.4 is 10.5 Å². The first-order chi connectivity index (χ1) is 23.1. The van der Waals surface area contributed by atoms with Crippen LogP contribution in [0.3, 0.4) is 0 Å². The first-order valence-corrected chi connectivity index (χ1v) is 16.5. The fourth-order valence-corrected chi connectivity index (χ4v) is 6.72. The molecule has 2 saturated heterocycles. The van der Waals surface area contributed by atoms with Gasteiger partial charge in [0.2, 0.25) is 0 Å². The number of likely N-dealkylation sites (tertiary alicyclic amines) is 1. The Morgan fingerprint density at radius 1 is 1.08 bits per heavy atom. The number of piperidine rings is 1. The van der Waals surface area contributed by atoms with Crippen LogP contribution in [0, 0.1) is 17.1 Å². The van der Waals surface area contributed by atoms with Gasteiger partial charge in [0.25, 0.3) is 5.91 Å². The molecule has 0 aliphatic carbocycles.